The summed E-state index contributed by atoms with van der Waals surface area (Å²) < 4.78 is 27.5. The summed E-state index contributed by atoms with van der Waals surface area (Å²) in [6, 6.07) is 4.92. The number of hydrogen-bond donors (Lipinski definition) is 2. The first-order chi connectivity index (χ1) is 12.6. The van der Waals surface area contributed by atoms with Gasteiger partial charge in [-0.25, -0.2) is 18.7 Å². The molecule has 130 valence electrons. The van der Waals surface area contributed by atoms with Crippen LogP contribution < -0.4 is 10.6 Å². The number of amides is 1. The highest BCUT2D eigenvalue weighted by atomic mass is 19.1. The largest absolute Gasteiger partial charge is 0.355 e. The summed E-state index contributed by atoms with van der Waals surface area (Å²) in [5.74, 6) is -1.43. The van der Waals surface area contributed by atoms with E-state index in [-0.39, 0.29) is 11.3 Å². The second-order valence-corrected chi connectivity index (χ2v) is 5.63. The molecule has 0 bridgehead atoms. The van der Waals surface area contributed by atoms with Crippen LogP contribution in [-0.4, -0.2) is 20.8 Å². The number of nitrogens with one attached hydrogen (secondary N) is 2. The zero-order valence-corrected chi connectivity index (χ0v) is 13.4. The van der Waals surface area contributed by atoms with Crippen LogP contribution in [0, 0.1) is 11.6 Å². The molecule has 1 aromatic carbocycles. The van der Waals surface area contributed by atoms with Gasteiger partial charge in [0.05, 0.1) is 5.70 Å². The number of rotatable bonds is 3. The minimum Gasteiger partial charge on any atom is -0.355 e. The Kier molecular flexibility index (Phi) is 3.92. The van der Waals surface area contributed by atoms with Gasteiger partial charge in [-0.2, -0.15) is 0 Å². The molecule has 0 radical (unpaired) electrons. The first-order valence-corrected chi connectivity index (χ1v) is 7.80. The molecule has 26 heavy (non-hydrogen) atoms. The summed E-state index contributed by atoms with van der Waals surface area (Å²) in [5.41, 5.74) is 1.07. The molecule has 0 aliphatic carbocycles. The van der Waals surface area contributed by atoms with Crippen molar-refractivity contribution in [1.29, 1.82) is 0 Å². The monoisotopic (exact) mass is 353 g/mol. The van der Waals surface area contributed by atoms with Gasteiger partial charge in [0.25, 0.3) is 5.91 Å². The lowest BCUT2D eigenvalue weighted by molar-refractivity contribution is -0.113. The molecular weight excluding hydrogens is 340 g/mol. The number of carbonyl (C=O) groups excluding carboxylic acids is 1. The molecule has 6 nitrogen and oxygen atoms in total. The second-order valence-electron chi connectivity index (χ2n) is 5.63. The van der Waals surface area contributed by atoms with E-state index < -0.39 is 23.7 Å². The van der Waals surface area contributed by atoms with E-state index in [1.807, 2.05) is 0 Å². The number of hydrogen-bond acceptors (Lipinski definition) is 5. The van der Waals surface area contributed by atoms with Crippen molar-refractivity contribution >= 4 is 11.7 Å². The summed E-state index contributed by atoms with van der Waals surface area (Å²) in [6.07, 6.45) is 9.17. The van der Waals surface area contributed by atoms with Gasteiger partial charge >= 0.3 is 0 Å². The number of benzene rings is 1. The Hall–Kier alpha value is -3.55. The summed E-state index contributed by atoms with van der Waals surface area (Å²) in [5, 5.41) is 5.68. The van der Waals surface area contributed by atoms with Gasteiger partial charge in [-0.1, -0.05) is 6.08 Å². The molecule has 0 saturated heterocycles. The van der Waals surface area contributed by atoms with Crippen molar-refractivity contribution in [3.8, 4) is 0 Å². The fourth-order valence-electron chi connectivity index (χ4n) is 2.85. The van der Waals surface area contributed by atoms with Gasteiger partial charge in [0, 0.05) is 24.0 Å². The van der Waals surface area contributed by atoms with Crippen LogP contribution in [0.1, 0.15) is 11.7 Å². The quantitative estimate of drug-likeness (QED) is 0.888. The summed E-state index contributed by atoms with van der Waals surface area (Å²) in [7, 11) is 0. The van der Waals surface area contributed by atoms with Crippen molar-refractivity contribution in [1.82, 2.24) is 20.2 Å². The van der Waals surface area contributed by atoms with E-state index in [4.69, 9.17) is 0 Å². The van der Waals surface area contributed by atoms with Crippen LogP contribution in [0.4, 0.5) is 14.6 Å². The number of aromatic nitrogens is 2. The minimum absolute atomic E-state index is 0.230. The molecule has 1 aromatic heterocycles. The number of anilines is 1. The highest BCUT2D eigenvalue weighted by Gasteiger charge is 2.35. The van der Waals surface area contributed by atoms with Gasteiger partial charge in [0.1, 0.15) is 35.6 Å². The summed E-state index contributed by atoms with van der Waals surface area (Å²) >= 11 is 0. The Morgan fingerprint density at radius 1 is 1.23 bits per heavy atom. The van der Waals surface area contributed by atoms with E-state index >= 15 is 0 Å². The maximum Gasteiger partial charge on any atom is 0.275 e. The van der Waals surface area contributed by atoms with Crippen molar-refractivity contribution in [2.24, 2.45) is 0 Å². The first-order valence-electron chi connectivity index (χ1n) is 7.80. The molecule has 2 aliphatic heterocycles. The van der Waals surface area contributed by atoms with Gasteiger partial charge in [-0.15, -0.1) is 0 Å². The third kappa shape index (κ3) is 2.81. The Labute approximate surface area is 147 Å². The topological polar surface area (TPSA) is 70.2 Å². The highest BCUT2D eigenvalue weighted by Crippen LogP contribution is 2.35. The summed E-state index contributed by atoms with van der Waals surface area (Å²) in [4.78, 5) is 22.1. The van der Waals surface area contributed by atoms with Gasteiger partial charge in [0.15, 0.2) is 0 Å². The summed E-state index contributed by atoms with van der Waals surface area (Å²) in [6.45, 7) is 0. The molecule has 4 rings (SSSR count). The second kappa shape index (κ2) is 6.40. The molecule has 8 heteroatoms. The molecule has 3 heterocycles. The Morgan fingerprint density at radius 2 is 2.12 bits per heavy atom. The molecule has 0 saturated carbocycles. The molecule has 1 amide bonds. The van der Waals surface area contributed by atoms with Crippen molar-refractivity contribution in [2.45, 2.75) is 6.17 Å². The normalized spacial score (nSPS) is 17.9. The van der Waals surface area contributed by atoms with E-state index in [9.17, 15) is 13.6 Å². The van der Waals surface area contributed by atoms with Crippen LogP contribution in [0.3, 0.4) is 0 Å². The Balaban J connectivity index is 1.66. The van der Waals surface area contributed by atoms with Crippen LogP contribution >= 0.6 is 0 Å². The maximum absolute atomic E-state index is 14.3. The lowest BCUT2D eigenvalue weighted by Gasteiger charge is -2.26. The van der Waals surface area contributed by atoms with Gasteiger partial charge in [-0.05, 0) is 30.4 Å². The van der Waals surface area contributed by atoms with E-state index in [0.29, 0.717) is 11.5 Å². The number of carbonyl (C=O) groups is 1. The third-order valence-corrected chi connectivity index (χ3v) is 4.01. The molecule has 0 fully saturated rings. The van der Waals surface area contributed by atoms with Crippen LogP contribution in [0.2, 0.25) is 0 Å². The van der Waals surface area contributed by atoms with E-state index in [1.54, 1.807) is 35.4 Å². The third-order valence-electron chi connectivity index (χ3n) is 4.01. The fourth-order valence-corrected chi connectivity index (χ4v) is 2.85. The SMILES string of the molecule is O=C(Nc1ccncn1)C1=C2C=CC=CN2C(c2ccc(F)cc2F)N1. The zero-order valence-electron chi connectivity index (χ0n) is 13.4. The predicted octanol–water partition coefficient (Wildman–Crippen LogP) is 2.59. The highest BCUT2D eigenvalue weighted by molar-refractivity contribution is 6.04. The minimum atomic E-state index is -0.692. The lowest BCUT2D eigenvalue weighted by Crippen LogP contribution is -2.29. The number of nitrogens with zero attached hydrogens (tertiary/aromatic N) is 3. The van der Waals surface area contributed by atoms with Crippen molar-refractivity contribution in [2.75, 3.05) is 5.32 Å². The molecule has 0 spiro atoms. The number of halogens is 2. The fraction of sp³-hybridized carbons (Fsp3) is 0.0556. The average Bonchev–Trinajstić information content (AvgIpc) is 3.02. The molecular formula is C18H13F2N5O. The predicted molar refractivity (Wildman–Crippen MR) is 90.0 cm³/mol. The van der Waals surface area contributed by atoms with Crippen molar-refractivity contribution in [3.05, 3.63) is 89.8 Å². The van der Waals surface area contributed by atoms with Gasteiger partial charge in [-0.3, -0.25) is 4.79 Å². The van der Waals surface area contributed by atoms with Crippen LogP contribution in [0.5, 0.6) is 0 Å². The van der Waals surface area contributed by atoms with Crippen LogP contribution in [-0.2, 0) is 4.79 Å². The molecule has 2 aromatic rings. The van der Waals surface area contributed by atoms with Crippen LogP contribution in [0.25, 0.3) is 0 Å². The Morgan fingerprint density at radius 3 is 2.88 bits per heavy atom. The Bertz CT molecular complexity index is 955. The molecule has 2 N–H and O–H groups in total. The van der Waals surface area contributed by atoms with E-state index in [2.05, 4.69) is 20.6 Å². The zero-order chi connectivity index (χ0) is 18.1. The van der Waals surface area contributed by atoms with E-state index in [1.165, 1.54) is 24.7 Å². The molecule has 1 atom stereocenters. The van der Waals surface area contributed by atoms with Crippen molar-refractivity contribution in [3.63, 3.8) is 0 Å². The van der Waals surface area contributed by atoms with E-state index in [0.717, 1.165) is 6.07 Å². The molecule has 1 unspecified atom stereocenters. The maximum atomic E-state index is 14.3. The number of fused-ring (bicyclic) bond motifs is 1. The molecule has 2 aliphatic rings. The number of allylic oxidation sites excluding steroid dienone is 3. The smallest absolute Gasteiger partial charge is 0.275 e. The van der Waals surface area contributed by atoms with Crippen molar-refractivity contribution < 1.29 is 13.6 Å². The van der Waals surface area contributed by atoms with Gasteiger partial charge in [0.2, 0.25) is 0 Å². The lowest BCUT2D eigenvalue weighted by atomic mass is 10.1. The first kappa shape index (κ1) is 15.9. The van der Waals surface area contributed by atoms with Gasteiger partial charge < -0.3 is 15.5 Å². The van der Waals surface area contributed by atoms with Crippen LogP contribution in [0.15, 0.2) is 72.6 Å². The standard InChI is InChI=1S/C18H13F2N5O/c19-11-4-5-12(13(20)9-11)17-24-16(14-3-1-2-8-25(14)17)18(26)23-15-6-7-21-10-22-15/h1-10,17,24H,(H,21,22,23,26). The average molecular weight is 353 g/mol.